The summed E-state index contributed by atoms with van der Waals surface area (Å²) in [5, 5.41) is 2.74. The molecule has 2 aromatic carbocycles. The van der Waals surface area contributed by atoms with Gasteiger partial charge < -0.3 is 15.8 Å². The van der Waals surface area contributed by atoms with E-state index in [2.05, 4.69) is 5.32 Å². The fraction of sp³-hybridized carbons (Fsp3) is 0.300. The summed E-state index contributed by atoms with van der Waals surface area (Å²) < 4.78 is 19.7. The summed E-state index contributed by atoms with van der Waals surface area (Å²) in [5.41, 5.74) is 6.03. The molecule has 154 valence electrons. The van der Waals surface area contributed by atoms with E-state index in [0.29, 0.717) is 31.9 Å². The highest BCUT2D eigenvalue weighted by Crippen LogP contribution is 2.18. The van der Waals surface area contributed by atoms with Gasteiger partial charge in [0, 0.05) is 26.2 Å². The predicted molar refractivity (Wildman–Crippen MR) is 111 cm³/mol. The Bertz CT molecular complexity index is 896. The van der Waals surface area contributed by atoms with Crippen molar-refractivity contribution in [3.8, 4) is 5.75 Å². The number of hydrogen-bond acceptors (Lipinski definition) is 5. The fourth-order valence-corrected chi connectivity index (χ4v) is 4.26. The first kappa shape index (κ1) is 21.0. The third-order valence-electron chi connectivity index (χ3n) is 4.66. The minimum Gasteiger partial charge on any atom is -0.497 e. The average molecular weight is 417 g/mol. The number of carbonyl (C=O) groups excluding carboxylic acids is 2. The van der Waals surface area contributed by atoms with Gasteiger partial charge in [-0.1, -0.05) is 12.1 Å². The molecule has 1 aliphatic rings. The van der Waals surface area contributed by atoms with E-state index in [1.807, 2.05) is 9.21 Å². The molecular weight excluding hydrogens is 392 g/mol. The quantitative estimate of drug-likeness (QED) is 0.703. The largest absolute Gasteiger partial charge is 0.497 e. The molecule has 0 aromatic heterocycles. The van der Waals surface area contributed by atoms with Crippen molar-refractivity contribution in [2.24, 2.45) is 5.73 Å². The van der Waals surface area contributed by atoms with Gasteiger partial charge in [0.15, 0.2) is 0 Å². The van der Waals surface area contributed by atoms with Crippen LogP contribution in [0.15, 0.2) is 53.4 Å². The van der Waals surface area contributed by atoms with E-state index in [9.17, 15) is 13.8 Å². The van der Waals surface area contributed by atoms with Crippen LogP contribution in [-0.4, -0.2) is 65.1 Å². The molecular formula is C20H24N4O4S. The molecule has 29 heavy (non-hydrogen) atoms. The van der Waals surface area contributed by atoms with Gasteiger partial charge in [-0.2, -0.15) is 0 Å². The Labute approximate surface area is 172 Å². The van der Waals surface area contributed by atoms with Crippen molar-refractivity contribution < 1.29 is 18.5 Å². The van der Waals surface area contributed by atoms with Crippen molar-refractivity contribution in [1.82, 2.24) is 9.21 Å². The zero-order valence-corrected chi connectivity index (χ0v) is 17.0. The van der Waals surface area contributed by atoms with Crippen LogP contribution in [0.25, 0.3) is 0 Å². The van der Waals surface area contributed by atoms with E-state index in [1.165, 1.54) is 0 Å². The second kappa shape index (κ2) is 9.64. The molecule has 1 heterocycles. The topological polar surface area (TPSA) is 105 Å². The maximum atomic E-state index is 12.7. The van der Waals surface area contributed by atoms with Crippen LogP contribution < -0.4 is 15.8 Å². The zero-order valence-electron chi connectivity index (χ0n) is 16.2. The molecule has 9 heteroatoms. The van der Waals surface area contributed by atoms with Crippen molar-refractivity contribution in [3.63, 3.8) is 0 Å². The molecule has 3 rings (SSSR count). The Kier molecular flexibility index (Phi) is 6.97. The zero-order chi connectivity index (χ0) is 20.8. The minimum atomic E-state index is -1.25. The highest BCUT2D eigenvalue weighted by Gasteiger charge is 2.23. The molecule has 1 saturated heterocycles. The van der Waals surface area contributed by atoms with Gasteiger partial charge in [-0.15, -0.1) is 0 Å². The van der Waals surface area contributed by atoms with E-state index in [-0.39, 0.29) is 18.0 Å². The van der Waals surface area contributed by atoms with Gasteiger partial charge >= 0.3 is 0 Å². The lowest BCUT2D eigenvalue weighted by atomic mass is 10.1. The van der Waals surface area contributed by atoms with Gasteiger partial charge in [0.05, 0.1) is 29.8 Å². The number of nitrogens with one attached hydrogen (secondary N) is 1. The number of anilines is 1. The van der Waals surface area contributed by atoms with Crippen LogP contribution in [0, 0.1) is 0 Å². The molecule has 1 atom stereocenters. The van der Waals surface area contributed by atoms with E-state index in [4.69, 9.17) is 10.5 Å². The number of piperazine rings is 1. The fourth-order valence-electron chi connectivity index (χ4n) is 3.09. The molecule has 0 bridgehead atoms. The summed E-state index contributed by atoms with van der Waals surface area (Å²) in [7, 11) is 0.343. The SMILES string of the molecule is COc1ccc(S(=O)N2CCN(CC(=O)Nc3ccccc3C(N)=O)CC2)cc1. The van der Waals surface area contributed by atoms with E-state index >= 15 is 0 Å². The van der Waals surface area contributed by atoms with Crippen LogP contribution in [0.5, 0.6) is 5.75 Å². The Balaban J connectivity index is 1.51. The number of nitrogens with zero attached hydrogens (tertiary/aromatic N) is 2. The maximum absolute atomic E-state index is 12.7. The molecule has 0 radical (unpaired) electrons. The third-order valence-corrected chi connectivity index (χ3v) is 6.17. The lowest BCUT2D eigenvalue weighted by Crippen LogP contribution is -2.49. The second-order valence-electron chi connectivity index (χ2n) is 6.59. The van der Waals surface area contributed by atoms with Crippen molar-refractivity contribution in [3.05, 3.63) is 54.1 Å². The Morgan fingerprint density at radius 1 is 1.07 bits per heavy atom. The number of carbonyl (C=O) groups is 2. The van der Waals surface area contributed by atoms with Gasteiger partial charge in [0.1, 0.15) is 16.7 Å². The minimum absolute atomic E-state index is 0.191. The average Bonchev–Trinajstić information content (AvgIpc) is 2.74. The molecule has 1 fully saturated rings. The number of nitrogens with two attached hydrogens (primary N) is 1. The number of primary amides is 1. The second-order valence-corrected chi connectivity index (χ2v) is 8.07. The number of rotatable bonds is 7. The first-order valence-corrected chi connectivity index (χ1v) is 10.3. The Morgan fingerprint density at radius 2 is 1.72 bits per heavy atom. The highest BCUT2D eigenvalue weighted by molar-refractivity contribution is 7.82. The number of methoxy groups -OCH3 is 1. The van der Waals surface area contributed by atoms with Gasteiger partial charge in [0.2, 0.25) is 5.91 Å². The summed E-state index contributed by atoms with van der Waals surface area (Å²) in [6.45, 7) is 2.60. The van der Waals surface area contributed by atoms with Gasteiger partial charge in [-0.3, -0.25) is 14.5 Å². The standard InChI is InChI=1S/C20H24N4O4S/c1-28-15-6-8-16(9-7-15)29(27)24-12-10-23(11-13-24)14-19(25)22-18-5-3-2-4-17(18)20(21)26/h2-9H,10-14H2,1H3,(H2,21,26)(H,22,25). The summed E-state index contributed by atoms with van der Waals surface area (Å²) in [4.78, 5) is 26.5. The number of hydrogen-bond donors (Lipinski definition) is 2. The van der Waals surface area contributed by atoms with Crippen LogP contribution in [0.2, 0.25) is 0 Å². The van der Waals surface area contributed by atoms with Crippen LogP contribution in [0.1, 0.15) is 10.4 Å². The molecule has 3 N–H and O–H groups in total. The molecule has 0 spiro atoms. The van der Waals surface area contributed by atoms with E-state index in [0.717, 1.165) is 10.6 Å². The van der Waals surface area contributed by atoms with E-state index < -0.39 is 16.9 Å². The molecule has 0 aliphatic carbocycles. The van der Waals surface area contributed by atoms with Crippen molar-refractivity contribution in [1.29, 1.82) is 0 Å². The number of ether oxygens (including phenoxy) is 1. The number of para-hydroxylation sites is 1. The molecule has 2 amide bonds. The van der Waals surface area contributed by atoms with Crippen LogP contribution in [-0.2, 0) is 15.8 Å². The lowest BCUT2D eigenvalue weighted by Gasteiger charge is -2.33. The van der Waals surface area contributed by atoms with Crippen molar-refractivity contribution in [2.45, 2.75) is 4.90 Å². The number of benzene rings is 2. The normalized spacial score (nSPS) is 16.2. The van der Waals surface area contributed by atoms with Crippen LogP contribution >= 0.6 is 0 Å². The van der Waals surface area contributed by atoms with Crippen molar-refractivity contribution in [2.75, 3.05) is 45.2 Å². The third kappa shape index (κ3) is 5.41. The van der Waals surface area contributed by atoms with Gasteiger partial charge in [0.25, 0.3) is 5.91 Å². The summed E-state index contributed by atoms with van der Waals surface area (Å²) >= 11 is 0. The lowest BCUT2D eigenvalue weighted by molar-refractivity contribution is -0.117. The summed E-state index contributed by atoms with van der Waals surface area (Å²) in [6.07, 6.45) is 0. The van der Waals surface area contributed by atoms with E-state index in [1.54, 1.807) is 55.6 Å². The first-order chi connectivity index (χ1) is 14.0. The first-order valence-electron chi connectivity index (χ1n) is 9.20. The monoisotopic (exact) mass is 416 g/mol. The maximum Gasteiger partial charge on any atom is 0.250 e. The highest BCUT2D eigenvalue weighted by atomic mass is 32.2. The Hall–Kier alpha value is -2.75. The summed E-state index contributed by atoms with van der Waals surface area (Å²) in [5.74, 6) is -0.0848. The van der Waals surface area contributed by atoms with Crippen LogP contribution in [0.4, 0.5) is 5.69 Å². The predicted octanol–water partition coefficient (Wildman–Crippen LogP) is 1.07. The summed E-state index contributed by atoms with van der Waals surface area (Å²) in [6, 6.07) is 13.8. The molecule has 1 unspecified atom stereocenters. The van der Waals surface area contributed by atoms with Gasteiger partial charge in [-0.05, 0) is 36.4 Å². The van der Waals surface area contributed by atoms with Crippen LogP contribution in [0.3, 0.4) is 0 Å². The molecule has 2 aromatic rings. The number of amides is 2. The Morgan fingerprint density at radius 3 is 2.34 bits per heavy atom. The van der Waals surface area contributed by atoms with Crippen molar-refractivity contribution >= 4 is 28.5 Å². The molecule has 1 aliphatic heterocycles. The smallest absolute Gasteiger partial charge is 0.250 e. The molecule has 8 nitrogen and oxygen atoms in total. The van der Waals surface area contributed by atoms with Gasteiger partial charge in [-0.25, -0.2) is 8.51 Å². The molecule has 0 saturated carbocycles.